The lowest BCUT2D eigenvalue weighted by Gasteiger charge is -2.36. The van der Waals surface area contributed by atoms with Gasteiger partial charge in [-0.3, -0.25) is 9.59 Å². The zero-order valence-corrected chi connectivity index (χ0v) is 19.1. The number of carboxylic acid groups (broad SMARTS) is 2. The van der Waals surface area contributed by atoms with Crippen LogP contribution in [0.3, 0.4) is 0 Å². The fraction of sp³-hybridized carbons (Fsp3) is 0.917. The Bertz CT molecular complexity index is 436. The molecule has 2 aliphatic carbocycles. The van der Waals surface area contributed by atoms with Gasteiger partial charge in [-0.25, -0.2) is 0 Å². The van der Waals surface area contributed by atoms with Crippen molar-refractivity contribution in [1.82, 2.24) is 0 Å². The molecular weight excluding hydrogens is 352 g/mol. The Morgan fingerprint density at radius 1 is 0.607 bits per heavy atom. The number of carboxylic acids is 2. The summed E-state index contributed by atoms with van der Waals surface area (Å²) in [4.78, 5) is 21.1. The van der Waals surface area contributed by atoms with Crippen molar-refractivity contribution in [3.8, 4) is 0 Å². The van der Waals surface area contributed by atoms with Crippen LogP contribution >= 0.6 is 0 Å². The number of carbonyl (C=O) groups is 2. The van der Waals surface area contributed by atoms with E-state index in [2.05, 4.69) is 41.5 Å². The minimum Gasteiger partial charge on any atom is -0.481 e. The topological polar surface area (TPSA) is 74.6 Å². The van der Waals surface area contributed by atoms with Crippen molar-refractivity contribution >= 4 is 11.9 Å². The molecule has 0 aromatic rings. The Labute approximate surface area is 172 Å². The molecule has 4 heteroatoms. The molecule has 0 saturated heterocycles. The standard InChI is InChI=1S/2C12H22O2/c2*1-12(2,3)10-6-4-9(5-7-10)8-11(13)14/h2*9-10H,4-8H2,1-3H3,(H,13,14). The zero-order valence-electron chi connectivity index (χ0n) is 19.1. The third kappa shape index (κ3) is 9.43. The fourth-order valence-corrected chi connectivity index (χ4v) is 4.96. The van der Waals surface area contributed by atoms with Gasteiger partial charge >= 0.3 is 11.9 Å². The highest BCUT2D eigenvalue weighted by Crippen LogP contribution is 2.41. The van der Waals surface area contributed by atoms with Crippen LogP contribution in [0.4, 0.5) is 0 Å². The van der Waals surface area contributed by atoms with Gasteiger partial charge < -0.3 is 10.2 Å². The number of aliphatic carboxylic acids is 2. The SMILES string of the molecule is CC(C)(C)C1CCC(CC(=O)O)CC1.CC(C)(C)C1CCC(CC(=O)O)CC1. The van der Waals surface area contributed by atoms with E-state index in [1.807, 2.05) is 0 Å². The van der Waals surface area contributed by atoms with Crippen LogP contribution in [0, 0.1) is 34.5 Å². The van der Waals surface area contributed by atoms with Crippen molar-refractivity contribution < 1.29 is 19.8 Å². The van der Waals surface area contributed by atoms with Crippen LogP contribution in [0.25, 0.3) is 0 Å². The lowest BCUT2D eigenvalue weighted by atomic mass is 9.69. The Morgan fingerprint density at radius 3 is 1.04 bits per heavy atom. The van der Waals surface area contributed by atoms with Crippen LogP contribution in [0.1, 0.15) is 106 Å². The van der Waals surface area contributed by atoms with Gasteiger partial charge in [0.15, 0.2) is 0 Å². The van der Waals surface area contributed by atoms with Crippen molar-refractivity contribution in [3.63, 3.8) is 0 Å². The van der Waals surface area contributed by atoms with E-state index in [0.717, 1.165) is 37.5 Å². The number of rotatable bonds is 4. The summed E-state index contributed by atoms with van der Waals surface area (Å²) in [5.41, 5.74) is 0.794. The molecule has 0 aliphatic heterocycles. The normalized spacial score (nSPS) is 28.8. The summed E-state index contributed by atoms with van der Waals surface area (Å²) in [6, 6.07) is 0. The molecule has 0 unspecified atom stereocenters. The Morgan fingerprint density at radius 2 is 0.857 bits per heavy atom. The van der Waals surface area contributed by atoms with Gasteiger partial charge in [-0.2, -0.15) is 0 Å². The highest BCUT2D eigenvalue weighted by atomic mass is 16.4. The van der Waals surface area contributed by atoms with Gasteiger partial charge in [0.25, 0.3) is 0 Å². The first-order valence-electron chi connectivity index (χ1n) is 11.2. The maximum absolute atomic E-state index is 10.5. The predicted molar refractivity (Wildman–Crippen MR) is 114 cm³/mol. The Kier molecular flexibility index (Phi) is 9.49. The van der Waals surface area contributed by atoms with Gasteiger partial charge in [0, 0.05) is 12.8 Å². The third-order valence-corrected chi connectivity index (χ3v) is 7.07. The van der Waals surface area contributed by atoms with E-state index in [-0.39, 0.29) is 0 Å². The average Bonchev–Trinajstić information content (AvgIpc) is 2.53. The lowest BCUT2D eigenvalue weighted by molar-refractivity contribution is -0.139. The summed E-state index contributed by atoms with van der Waals surface area (Å²) in [5.74, 6) is 1.17. The first-order chi connectivity index (χ1) is 12.8. The van der Waals surface area contributed by atoms with E-state index in [1.54, 1.807) is 0 Å². The van der Waals surface area contributed by atoms with Crippen LogP contribution in [-0.4, -0.2) is 22.2 Å². The largest absolute Gasteiger partial charge is 0.481 e. The zero-order chi connectivity index (χ0) is 21.5. The molecule has 0 aromatic heterocycles. The lowest BCUT2D eigenvalue weighted by Crippen LogP contribution is -2.26. The first kappa shape index (κ1) is 25.0. The summed E-state index contributed by atoms with van der Waals surface area (Å²) in [7, 11) is 0. The average molecular weight is 397 g/mol. The minimum atomic E-state index is -0.635. The second kappa shape index (κ2) is 10.6. The molecule has 28 heavy (non-hydrogen) atoms. The van der Waals surface area contributed by atoms with Gasteiger partial charge in [-0.15, -0.1) is 0 Å². The molecule has 2 saturated carbocycles. The van der Waals surface area contributed by atoms with Crippen molar-refractivity contribution in [3.05, 3.63) is 0 Å². The van der Waals surface area contributed by atoms with E-state index < -0.39 is 11.9 Å². The molecule has 0 radical (unpaired) electrons. The molecule has 0 heterocycles. The van der Waals surface area contributed by atoms with Gasteiger partial charge in [-0.05, 0) is 85.9 Å². The maximum Gasteiger partial charge on any atom is 0.303 e. The first-order valence-corrected chi connectivity index (χ1v) is 11.2. The molecular formula is C24H44O4. The second-order valence-electron chi connectivity index (χ2n) is 11.4. The summed E-state index contributed by atoms with van der Waals surface area (Å²) in [5, 5.41) is 17.4. The molecule has 2 aliphatic rings. The monoisotopic (exact) mass is 396 g/mol. The Balaban J connectivity index is 0.000000280. The molecule has 0 spiro atoms. The van der Waals surface area contributed by atoms with Crippen molar-refractivity contribution in [2.24, 2.45) is 34.5 Å². The van der Waals surface area contributed by atoms with Gasteiger partial charge in [-0.1, -0.05) is 41.5 Å². The van der Waals surface area contributed by atoms with Crippen LogP contribution in [0.5, 0.6) is 0 Å². The van der Waals surface area contributed by atoms with Crippen molar-refractivity contribution in [1.29, 1.82) is 0 Å². The molecule has 2 N–H and O–H groups in total. The molecule has 164 valence electrons. The van der Waals surface area contributed by atoms with Crippen molar-refractivity contribution in [2.45, 2.75) is 106 Å². The number of hydrogen-bond acceptors (Lipinski definition) is 2. The van der Waals surface area contributed by atoms with Gasteiger partial charge in [0.05, 0.1) is 0 Å². The fourth-order valence-electron chi connectivity index (χ4n) is 4.96. The quantitative estimate of drug-likeness (QED) is 0.559. The molecule has 4 nitrogen and oxygen atoms in total. The molecule has 0 bridgehead atoms. The van der Waals surface area contributed by atoms with E-state index in [4.69, 9.17) is 10.2 Å². The Hall–Kier alpha value is -1.06. The summed E-state index contributed by atoms with van der Waals surface area (Å²) in [6.07, 6.45) is 10.0. The second-order valence-corrected chi connectivity index (χ2v) is 11.4. The van der Waals surface area contributed by atoms with Crippen molar-refractivity contribution in [2.75, 3.05) is 0 Å². The smallest absolute Gasteiger partial charge is 0.303 e. The predicted octanol–water partition coefficient (Wildman–Crippen LogP) is 6.63. The van der Waals surface area contributed by atoms with Crippen LogP contribution in [-0.2, 0) is 9.59 Å². The van der Waals surface area contributed by atoms with Crippen LogP contribution in [0.15, 0.2) is 0 Å². The van der Waals surface area contributed by atoms with E-state index in [0.29, 0.717) is 35.5 Å². The highest BCUT2D eigenvalue weighted by molar-refractivity contribution is 5.67. The van der Waals surface area contributed by atoms with Gasteiger partial charge in [0.1, 0.15) is 0 Å². The minimum absolute atomic E-state index is 0.372. The maximum atomic E-state index is 10.5. The van der Waals surface area contributed by atoms with E-state index in [1.165, 1.54) is 25.7 Å². The molecule has 0 aromatic carbocycles. The summed E-state index contributed by atoms with van der Waals surface area (Å²) < 4.78 is 0. The van der Waals surface area contributed by atoms with Gasteiger partial charge in [0.2, 0.25) is 0 Å². The van der Waals surface area contributed by atoms with E-state index >= 15 is 0 Å². The molecule has 2 fully saturated rings. The highest BCUT2D eigenvalue weighted by Gasteiger charge is 2.31. The summed E-state index contributed by atoms with van der Waals surface area (Å²) >= 11 is 0. The van der Waals surface area contributed by atoms with E-state index in [9.17, 15) is 9.59 Å². The van der Waals surface area contributed by atoms with Crippen LogP contribution in [0.2, 0.25) is 0 Å². The molecule has 0 atom stereocenters. The summed E-state index contributed by atoms with van der Waals surface area (Å²) in [6.45, 7) is 13.7. The molecule has 2 rings (SSSR count). The number of hydrogen-bond donors (Lipinski definition) is 2. The third-order valence-electron chi connectivity index (χ3n) is 7.07. The van der Waals surface area contributed by atoms with Crippen LogP contribution < -0.4 is 0 Å². The molecule has 0 amide bonds.